The Kier molecular flexibility index (Phi) is 3.83. The normalized spacial score (nSPS) is 26.3. The molecule has 2 heterocycles. The quantitative estimate of drug-likeness (QED) is 0.944. The molecule has 0 unspecified atom stereocenters. The van der Waals surface area contributed by atoms with Gasteiger partial charge in [0.05, 0.1) is 0 Å². The predicted molar refractivity (Wildman–Crippen MR) is 88.9 cm³/mol. The number of nitrogens with one attached hydrogen (secondary N) is 1. The van der Waals surface area contributed by atoms with Crippen molar-refractivity contribution in [2.75, 3.05) is 6.54 Å². The molecule has 0 radical (unpaired) electrons. The van der Waals surface area contributed by atoms with Crippen molar-refractivity contribution >= 4 is 5.91 Å². The van der Waals surface area contributed by atoms with Gasteiger partial charge in [-0.3, -0.25) is 14.7 Å². The first-order valence-corrected chi connectivity index (χ1v) is 8.28. The van der Waals surface area contributed by atoms with E-state index >= 15 is 0 Å². The summed E-state index contributed by atoms with van der Waals surface area (Å²) < 4.78 is 0. The number of aromatic nitrogens is 1. The smallest absolute Gasteiger partial charge is 0.251 e. The molecule has 4 rings (SSSR count). The van der Waals surface area contributed by atoms with Crippen LogP contribution in [0.5, 0.6) is 0 Å². The maximum atomic E-state index is 12.3. The third-order valence-corrected chi connectivity index (χ3v) is 5.12. The monoisotopic (exact) mass is 307 g/mol. The van der Waals surface area contributed by atoms with Gasteiger partial charge in [-0.05, 0) is 42.5 Å². The fourth-order valence-corrected chi connectivity index (χ4v) is 3.98. The first kappa shape index (κ1) is 14.4. The highest BCUT2D eigenvalue weighted by molar-refractivity contribution is 5.94. The molecule has 4 heteroatoms. The minimum absolute atomic E-state index is 0.0574. The van der Waals surface area contributed by atoms with Crippen LogP contribution in [-0.4, -0.2) is 34.4 Å². The van der Waals surface area contributed by atoms with Crippen LogP contribution in [0.2, 0.25) is 0 Å². The van der Waals surface area contributed by atoms with Gasteiger partial charge >= 0.3 is 0 Å². The predicted octanol–water partition coefficient (Wildman–Crippen LogP) is 2.47. The van der Waals surface area contributed by atoms with Crippen LogP contribution in [0.4, 0.5) is 0 Å². The molecule has 2 aliphatic rings. The van der Waals surface area contributed by atoms with E-state index in [0.717, 1.165) is 25.1 Å². The van der Waals surface area contributed by atoms with Gasteiger partial charge < -0.3 is 5.32 Å². The molecule has 2 aromatic rings. The Morgan fingerprint density at radius 2 is 2.04 bits per heavy atom. The van der Waals surface area contributed by atoms with E-state index in [9.17, 15) is 4.79 Å². The number of fused-ring (bicyclic) bond motifs is 2. The van der Waals surface area contributed by atoms with E-state index in [-0.39, 0.29) is 5.91 Å². The summed E-state index contributed by atoms with van der Waals surface area (Å²) in [4.78, 5) is 19.0. The zero-order chi connectivity index (χ0) is 15.6. The van der Waals surface area contributed by atoms with Crippen LogP contribution in [0.1, 0.15) is 28.8 Å². The molecule has 2 fully saturated rings. The summed E-state index contributed by atoms with van der Waals surface area (Å²) in [6.07, 6.45) is 6.01. The summed E-state index contributed by atoms with van der Waals surface area (Å²) in [5.74, 6) is 0.631. The summed E-state index contributed by atoms with van der Waals surface area (Å²) in [6, 6.07) is 14.5. The van der Waals surface area contributed by atoms with Crippen molar-refractivity contribution in [3.63, 3.8) is 0 Å². The minimum Gasteiger partial charge on any atom is -0.349 e. The van der Waals surface area contributed by atoms with Crippen molar-refractivity contribution in [2.45, 2.75) is 31.5 Å². The Labute approximate surface area is 136 Å². The number of carbonyl (C=O) groups is 1. The lowest BCUT2D eigenvalue weighted by molar-refractivity contribution is 0.0904. The zero-order valence-corrected chi connectivity index (χ0v) is 13.1. The van der Waals surface area contributed by atoms with Gasteiger partial charge in [-0.25, -0.2) is 0 Å². The van der Waals surface area contributed by atoms with Crippen molar-refractivity contribution in [3.8, 4) is 0 Å². The number of hydrogen-bond acceptors (Lipinski definition) is 3. The molecule has 4 nitrogen and oxygen atoms in total. The third-order valence-electron chi connectivity index (χ3n) is 5.12. The molecule has 1 amide bonds. The van der Waals surface area contributed by atoms with E-state index in [1.165, 1.54) is 12.0 Å². The number of hydrogen-bond donors (Lipinski definition) is 1. The summed E-state index contributed by atoms with van der Waals surface area (Å²) in [5, 5.41) is 3.23. The summed E-state index contributed by atoms with van der Waals surface area (Å²) in [5.41, 5.74) is 2.02. The number of rotatable bonds is 4. The largest absolute Gasteiger partial charge is 0.349 e. The average molecular weight is 307 g/mol. The SMILES string of the molecule is O=C(N[C@H]1C[C@H]2C[C@H]1CN2Cc1cccnc1)c1ccccc1. The highest BCUT2D eigenvalue weighted by Gasteiger charge is 2.44. The van der Waals surface area contributed by atoms with Crippen LogP contribution in [0.3, 0.4) is 0 Å². The highest BCUT2D eigenvalue weighted by Crippen LogP contribution is 2.38. The topological polar surface area (TPSA) is 45.2 Å². The van der Waals surface area contributed by atoms with Gasteiger partial charge in [0, 0.05) is 43.1 Å². The van der Waals surface area contributed by atoms with Crippen molar-refractivity contribution in [2.24, 2.45) is 5.92 Å². The molecule has 1 saturated carbocycles. The summed E-state index contributed by atoms with van der Waals surface area (Å²) >= 11 is 0. The molecule has 0 spiro atoms. The number of carbonyl (C=O) groups excluding carboxylic acids is 1. The lowest BCUT2D eigenvalue weighted by Gasteiger charge is -2.31. The van der Waals surface area contributed by atoms with Gasteiger partial charge in [-0.15, -0.1) is 0 Å². The van der Waals surface area contributed by atoms with Crippen LogP contribution >= 0.6 is 0 Å². The number of benzene rings is 1. The first-order valence-electron chi connectivity index (χ1n) is 8.28. The van der Waals surface area contributed by atoms with E-state index < -0.39 is 0 Å². The highest BCUT2D eigenvalue weighted by atomic mass is 16.1. The molecule has 1 N–H and O–H groups in total. The van der Waals surface area contributed by atoms with Crippen molar-refractivity contribution < 1.29 is 4.79 Å². The molecular weight excluding hydrogens is 286 g/mol. The fourth-order valence-electron chi connectivity index (χ4n) is 3.98. The van der Waals surface area contributed by atoms with Gasteiger partial charge in [0.15, 0.2) is 0 Å². The van der Waals surface area contributed by atoms with E-state index in [1.807, 2.05) is 48.8 Å². The van der Waals surface area contributed by atoms with Crippen LogP contribution in [0, 0.1) is 5.92 Å². The van der Waals surface area contributed by atoms with Gasteiger partial charge in [0.1, 0.15) is 0 Å². The number of pyridine rings is 1. The lowest BCUT2D eigenvalue weighted by atomic mass is 10.0. The second-order valence-corrected chi connectivity index (χ2v) is 6.62. The van der Waals surface area contributed by atoms with Gasteiger partial charge in [0.25, 0.3) is 5.91 Å². The van der Waals surface area contributed by atoms with Crippen LogP contribution in [0.15, 0.2) is 54.9 Å². The van der Waals surface area contributed by atoms with Crippen molar-refractivity contribution in [1.29, 1.82) is 0 Å². The molecule has 23 heavy (non-hydrogen) atoms. The molecule has 3 atom stereocenters. The zero-order valence-electron chi connectivity index (χ0n) is 13.1. The number of amides is 1. The van der Waals surface area contributed by atoms with Gasteiger partial charge in [-0.1, -0.05) is 24.3 Å². The standard InChI is InChI=1S/C19H21N3O/c23-19(15-6-2-1-3-7-15)21-18-10-17-9-16(18)13-22(17)12-14-5-4-8-20-11-14/h1-8,11,16-18H,9-10,12-13H2,(H,21,23)/t16-,17+,18-/m0/s1. The molecule has 1 aliphatic heterocycles. The lowest BCUT2D eigenvalue weighted by Crippen LogP contribution is -2.45. The Balaban J connectivity index is 1.35. The maximum absolute atomic E-state index is 12.3. The Hall–Kier alpha value is -2.20. The Morgan fingerprint density at radius 3 is 2.74 bits per heavy atom. The van der Waals surface area contributed by atoms with Crippen LogP contribution < -0.4 is 5.32 Å². The molecule has 1 aromatic heterocycles. The van der Waals surface area contributed by atoms with Gasteiger partial charge in [-0.2, -0.15) is 0 Å². The molecule has 1 saturated heterocycles. The van der Waals surface area contributed by atoms with Crippen molar-refractivity contribution in [3.05, 3.63) is 66.0 Å². The first-order chi connectivity index (χ1) is 11.3. The molecule has 1 aliphatic carbocycles. The number of nitrogens with zero attached hydrogens (tertiary/aromatic N) is 2. The molecular formula is C19H21N3O. The van der Waals surface area contributed by atoms with E-state index in [0.29, 0.717) is 18.0 Å². The maximum Gasteiger partial charge on any atom is 0.251 e. The second-order valence-electron chi connectivity index (χ2n) is 6.62. The van der Waals surface area contributed by atoms with Gasteiger partial charge in [0.2, 0.25) is 0 Å². The Morgan fingerprint density at radius 1 is 1.17 bits per heavy atom. The van der Waals surface area contributed by atoms with Crippen LogP contribution in [-0.2, 0) is 6.54 Å². The van der Waals surface area contributed by atoms with Crippen molar-refractivity contribution in [1.82, 2.24) is 15.2 Å². The molecule has 118 valence electrons. The summed E-state index contributed by atoms with van der Waals surface area (Å²) in [7, 11) is 0. The number of likely N-dealkylation sites (tertiary alicyclic amines) is 1. The Bertz CT molecular complexity index is 674. The van der Waals surface area contributed by atoms with Crippen LogP contribution in [0.25, 0.3) is 0 Å². The van der Waals surface area contributed by atoms with E-state index in [2.05, 4.69) is 21.3 Å². The summed E-state index contributed by atoms with van der Waals surface area (Å²) in [6.45, 7) is 2.04. The third kappa shape index (κ3) is 2.99. The van der Waals surface area contributed by atoms with E-state index in [1.54, 1.807) is 0 Å². The van der Waals surface area contributed by atoms with E-state index in [4.69, 9.17) is 0 Å². The minimum atomic E-state index is 0.0574. The second kappa shape index (κ2) is 6.13. The fraction of sp³-hybridized carbons (Fsp3) is 0.368. The average Bonchev–Trinajstić information content (AvgIpc) is 3.16. The molecule has 2 bridgehead atoms. The molecule has 1 aromatic carbocycles. The number of piperidine rings is 1.